The molecule has 0 saturated carbocycles. The predicted octanol–water partition coefficient (Wildman–Crippen LogP) is 4.09. The van der Waals surface area contributed by atoms with Gasteiger partial charge in [-0.2, -0.15) is 15.0 Å². The summed E-state index contributed by atoms with van der Waals surface area (Å²) in [6.07, 6.45) is 0. The van der Waals surface area contributed by atoms with Crippen molar-refractivity contribution in [3.8, 4) is 22.3 Å². The van der Waals surface area contributed by atoms with Crippen molar-refractivity contribution < 1.29 is 9.53 Å². The van der Waals surface area contributed by atoms with Crippen LogP contribution in [-0.2, 0) is 11.8 Å². The number of hydrogen-bond acceptors (Lipinski definition) is 4. The maximum absolute atomic E-state index is 12.2. The molecular formula is C21H17N3O2. The average Bonchev–Trinajstić information content (AvgIpc) is 3.07. The molecule has 5 nitrogen and oxygen atoms in total. The summed E-state index contributed by atoms with van der Waals surface area (Å²) in [6, 6.07) is 22.2. The number of esters is 1. The van der Waals surface area contributed by atoms with Gasteiger partial charge in [-0.05, 0) is 34.4 Å². The van der Waals surface area contributed by atoms with Crippen LogP contribution in [0.3, 0.4) is 0 Å². The van der Waals surface area contributed by atoms with E-state index in [-0.39, 0.29) is 0 Å². The summed E-state index contributed by atoms with van der Waals surface area (Å²) in [5.74, 6) is -0.418. The molecule has 0 atom stereocenters. The number of rotatable bonds is 3. The standard InChI is InChI=1S/C21H17N3O2/c1-24-22-19-13-17(12-18(20(19)23-24)21(25)26-2)16-10-8-15(9-11-16)14-6-4-3-5-7-14/h3-13H,1-2H3. The second kappa shape index (κ2) is 6.44. The number of hydrogen-bond donors (Lipinski definition) is 0. The van der Waals surface area contributed by atoms with Crippen LogP contribution in [0.15, 0.2) is 66.7 Å². The predicted molar refractivity (Wildman–Crippen MR) is 101 cm³/mol. The minimum absolute atomic E-state index is 0.417. The Morgan fingerprint density at radius 3 is 2.12 bits per heavy atom. The van der Waals surface area contributed by atoms with Gasteiger partial charge in [0.2, 0.25) is 0 Å². The number of aromatic nitrogens is 3. The van der Waals surface area contributed by atoms with Gasteiger partial charge in [0.25, 0.3) is 0 Å². The molecule has 4 aromatic rings. The zero-order valence-electron chi connectivity index (χ0n) is 14.5. The van der Waals surface area contributed by atoms with Crippen molar-refractivity contribution >= 4 is 17.0 Å². The first-order valence-corrected chi connectivity index (χ1v) is 8.25. The zero-order chi connectivity index (χ0) is 18.1. The molecule has 0 spiro atoms. The van der Waals surface area contributed by atoms with E-state index in [1.54, 1.807) is 13.1 Å². The van der Waals surface area contributed by atoms with E-state index >= 15 is 0 Å². The summed E-state index contributed by atoms with van der Waals surface area (Å²) in [7, 11) is 3.10. The van der Waals surface area contributed by atoms with Crippen molar-refractivity contribution in [1.82, 2.24) is 15.0 Å². The normalized spacial score (nSPS) is 10.8. The topological polar surface area (TPSA) is 57.0 Å². The first kappa shape index (κ1) is 16.0. The van der Waals surface area contributed by atoms with Crippen LogP contribution in [-0.4, -0.2) is 28.1 Å². The fraction of sp³-hybridized carbons (Fsp3) is 0.0952. The Morgan fingerprint density at radius 2 is 1.46 bits per heavy atom. The van der Waals surface area contributed by atoms with E-state index < -0.39 is 5.97 Å². The van der Waals surface area contributed by atoms with Crippen molar-refractivity contribution in [1.29, 1.82) is 0 Å². The van der Waals surface area contributed by atoms with Crippen LogP contribution in [0.1, 0.15) is 10.4 Å². The summed E-state index contributed by atoms with van der Waals surface area (Å²) in [6.45, 7) is 0. The fourth-order valence-electron chi connectivity index (χ4n) is 3.04. The highest BCUT2D eigenvalue weighted by molar-refractivity contribution is 6.03. The van der Waals surface area contributed by atoms with Gasteiger partial charge in [0, 0.05) is 7.05 Å². The molecular weight excluding hydrogens is 326 g/mol. The first-order chi connectivity index (χ1) is 12.7. The van der Waals surface area contributed by atoms with Crippen LogP contribution in [0.4, 0.5) is 0 Å². The molecule has 3 aromatic carbocycles. The lowest BCUT2D eigenvalue weighted by molar-refractivity contribution is 0.0603. The SMILES string of the molecule is COC(=O)c1cc(-c2ccc(-c3ccccc3)cc2)cc2nn(C)nc12. The number of nitrogens with zero attached hydrogens (tertiary/aromatic N) is 3. The number of benzene rings is 3. The Kier molecular flexibility index (Phi) is 3.97. The second-order valence-electron chi connectivity index (χ2n) is 6.02. The van der Waals surface area contributed by atoms with Crippen LogP contribution in [0.25, 0.3) is 33.3 Å². The van der Waals surface area contributed by atoms with Crippen molar-refractivity contribution in [3.63, 3.8) is 0 Å². The largest absolute Gasteiger partial charge is 0.465 e. The number of carbonyl (C=O) groups excluding carboxylic acids is 1. The molecule has 0 bridgehead atoms. The molecule has 0 saturated heterocycles. The van der Waals surface area contributed by atoms with Gasteiger partial charge in [-0.1, -0.05) is 54.6 Å². The number of carbonyl (C=O) groups is 1. The van der Waals surface area contributed by atoms with E-state index in [2.05, 4.69) is 34.5 Å². The highest BCUT2D eigenvalue weighted by atomic mass is 16.5. The third-order valence-corrected chi connectivity index (χ3v) is 4.32. The van der Waals surface area contributed by atoms with E-state index in [1.807, 2.05) is 36.4 Å². The van der Waals surface area contributed by atoms with E-state index in [0.29, 0.717) is 16.6 Å². The summed E-state index contributed by atoms with van der Waals surface area (Å²) >= 11 is 0. The molecule has 5 heteroatoms. The van der Waals surface area contributed by atoms with Gasteiger partial charge in [-0.15, -0.1) is 0 Å². The number of ether oxygens (including phenoxy) is 1. The molecule has 1 heterocycles. The average molecular weight is 343 g/mol. The monoisotopic (exact) mass is 343 g/mol. The van der Waals surface area contributed by atoms with Gasteiger partial charge in [0.15, 0.2) is 0 Å². The van der Waals surface area contributed by atoms with Gasteiger partial charge in [-0.3, -0.25) is 0 Å². The van der Waals surface area contributed by atoms with Crippen LogP contribution < -0.4 is 0 Å². The maximum Gasteiger partial charge on any atom is 0.340 e. The van der Waals surface area contributed by atoms with Crippen molar-refractivity contribution in [2.45, 2.75) is 0 Å². The van der Waals surface area contributed by atoms with Gasteiger partial charge < -0.3 is 4.74 Å². The second-order valence-corrected chi connectivity index (χ2v) is 6.02. The molecule has 1 aromatic heterocycles. The molecule has 0 radical (unpaired) electrons. The van der Waals surface area contributed by atoms with E-state index in [1.165, 1.54) is 17.5 Å². The summed E-state index contributed by atoms with van der Waals surface area (Å²) in [5, 5.41) is 8.62. The van der Waals surface area contributed by atoms with Gasteiger partial charge >= 0.3 is 5.97 Å². The molecule has 4 rings (SSSR count). The highest BCUT2D eigenvalue weighted by Gasteiger charge is 2.17. The maximum atomic E-state index is 12.2. The van der Waals surface area contributed by atoms with Crippen LogP contribution in [0.5, 0.6) is 0 Å². The van der Waals surface area contributed by atoms with Crippen molar-refractivity contribution in [2.75, 3.05) is 7.11 Å². The molecule has 26 heavy (non-hydrogen) atoms. The minimum Gasteiger partial charge on any atom is -0.465 e. The van der Waals surface area contributed by atoms with E-state index in [4.69, 9.17) is 4.74 Å². The molecule has 0 fully saturated rings. The van der Waals surface area contributed by atoms with Crippen LogP contribution in [0.2, 0.25) is 0 Å². The Balaban J connectivity index is 1.80. The fourth-order valence-corrected chi connectivity index (χ4v) is 3.04. The van der Waals surface area contributed by atoms with Gasteiger partial charge in [0.1, 0.15) is 11.0 Å². The van der Waals surface area contributed by atoms with Gasteiger partial charge in [0.05, 0.1) is 12.7 Å². The van der Waals surface area contributed by atoms with Crippen molar-refractivity contribution in [2.24, 2.45) is 7.05 Å². The lowest BCUT2D eigenvalue weighted by Gasteiger charge is -2.07. The Hall–Kier alpha value is -3.47. The molecule has 0 aliphatic heterocycles. The minimum atomic E-state index is -0.418. The lowest BCUT2D eigenvalue weighted by Crippen LogP contribution is -2.03. The van der Waals surface area contributed by atoms with E-state index in [9.17, 15) is 4.79 Å². The zero-order valence-corrected chi connectivity index (χ0v) is 14.5. The number of aryl methyl sites for hydroxylation is 1. The molecule has 128 valence electrons. The summed E-state index contributed by atoms with van der Waals surface area (Å²) < 4.78 is 4.91. The molecule has 0 amide bonds. The Labute approximate surface area is 150 Å². The summed E-state index contributed by atoms with van der Waals surface area (Å²) in [5.41, 5.74) is 5.84. The third kappa shape index (κ3) is 2.84. The quantitative estimate of drug-likeness (QED) is 0.526. The molecule has 0 N–H and O–H groups in total. The Morgan fingerprint density at radius 1 is 0.846 bits per heavy atom. The first-order valence-electron chi connectivity index (χ1n) is 8.25. The Bertz CT molecular complexity index is 1080. The molecule has 0 unspecified atom stereocenters. The summed E-state index contributed by atoms with van der Waals surface area (Å²) in [4.78, 5) is 13.6. The van der Waals surface area contributed by atoms with Gasteiger partial charge in [-0.25, -0.2) is 4.79 Å². The van der Waals surface area contributed by atoms with Crippen LogP contribution in [0, 0.1) is 0 Å². The molecule has 0 aliphatic rings. The van der Waals surface area contributed by atoms with Crippen LogP contribution >= 0.6 is 0 Å². The molecule has 0 aliphatic carbocycles. The van der Waals surface area contributed by atoms with Crippen molar-refractivity contribution in [3.05, 3.63) is 72.3 Å². The lowest BCUT2D eigenvalue weighted by atomic mass is 9.98. The smallest absolute Gasteiger partial charge is 0.340 e. The third-order valence-electron chi connectivity index (χ3n) is 4.32. The van der Waals surface area contributed by atoms with E-state index in [0.717, 1.165) is 16.7 Å². The number of fused-ring (bicyclic) bond motifs is 1. The number of methoxy groups -OCH3 is 1. The highest BCUT2D eigenvalue weighted by Crippen LogP contribution is 2.28.